The first-order valence-electron chi connectivity index (χ1n) is 10.3. The van der Waals surface area contributed by atoms with Crippen LogP contribution in [0.25, 0.3) is 44.0 Å². The number of fused-ring (bicyclic) bond motifs is 4. The van der Waals surface area contributed by atoms with Gasteiger partial charge < -0.3 is 9.15 Å². The summed E-state index contributed by atoms with van der Waals surface area (Å²) in [5.41, 5.74) is 0.802. The van der Waals surface area contributed by atoms with E-state index in [1.165, 1.54) is 0 Å². The summed E-state index contributed by atoms with van der Waals surface area (Å²) in [4.78, 5) is 25.5. The predicted molar refractivity (Wildman–Crippen MR) is 116 cm³/mol. The Kier molecular flexibility index (Phi) is 6.79. The zero-order chi connectivity index (χ0) is 25.2. The summed E-state index contributed by atoms with van der Waals surface area (Å²) in [5, 5.41) is 3.46. The van der Waals surface area contributed by atoms with E-state index < -0.39 is 21.8 Å². The number of hydrogen-bond donors (Lipinski definition) is 0. The summed E-state index contributed by atoms with van der Waals surface area (Å²) >= 11 is 0. The van der Waals surface area contributed by atoms with Gasteiger partial charge in [-0.3, -0.25) is 0 Å². The summed E-state index contributed by atoms with van der Waals surface area (Å²) in [6.45, 7) is 1.94. The predicted octanol–water partition coefficient (Wildman–Crippen LogP) is 1.06. The Bertz CT molecular complexity index is 1600. The van der Waals surface area contributed by atoms with Crippen molar-refractivity contribution in [3.8, 4) is 11.3 Å². The highest BCUT2D eigenvalue weighted by Gasteiger charge is 2.30. The quantitative estimate of drug-likeness (QED) is 0.154. The molecule has 0 unspecified atom stereocenters. The lowest BCUT2D eigenvalue weighted by Gasteiger charge is -2.17. The molecule has 3 aromatic carbocycles. The van der Waals surface area contributed by atoms with E-state index in [0.717, 1.165) is 21.5 Å². The molecule has 0 saturated carbocycles. The summed E-state index contributed by atoms with van der Waals surface area (Å²) in [6, 6.07) is 22.2. The SMILES string of the molecule is CCOC(=O)c1cc2ccccc2[o+]c1-c1cc2c(ccc3ccccc32)oc1=O.[O-][Cl+3]([O-])([O-])[O-]. The molecule has 5 rings (SSSR count). The molecule has 0 spiro atoms. The molecule has 2 heterocycles. The standard InChI is InChI=1S/C25H17O5.ClHO4/c1-2-28-24(26)19-13-16-8-4-6-10-21(16)29-23(19)20-14-18-17-9-5-3-7-15(17)11-12-22(18)30-25(20)27;2-1(3,4)5/h3-14H,2H2,1H3;(H,2,3,4,5)/q+1;/p-1. The van der Waals surface area contributed by atoms with E-state index >= 15 is 0 Å². The van der Waals surface area contributed by atoms with E-state index in [1.807, 2.05) is 48.5 Å². The van der Waals surface area contributed by atoms with Gasteiger partial charge in [0.15, 0.2) is 11.1 Å². The number of halogens is 1. The van der Waals surface area contributed by atoms with Crippen LogP contribution < -0.4 is 24.3 Å². The average Bonchev–Trinajstić information content (AvgIpc) is 2.82. The molecule has 0 aliphatic carbocycles. The van der Waals surface area contributed by atoms with E-state index in [1.54, 1.807) is 31.2 Å². The van der Waals surface area contributed by atoms with Crippen molar-refractivity contribution in [2.24, 2.45) is 0 Å². The van der Waals surface area contributed by atoms with Gasteiger partial charge in [0.25, 0.3) is 0 Å². The lowest BCUT2D eigenvalue weighted by molar-refractivity contribution is -2.00. The first-order valence-corrected chi connectivity index (χ1v) is 11.5. The Morgan fingerprint density at radius 3 is 2.29 bits per heavy atom. The Morgan fingerprint density at radius 1 is 0.914 bits per heavy atom. The largest absolute Gasteiger partial charge is 0.462 e. The lowest BCUT2D eigenvalue weighted by Crippen LogP contribution is -2.68. The Morgan fingerprint density at radius 2 is 1.57 bits per heavy atom. The third-order valence-electron chi connectivity index (χ3n) is 5.06. The highest BCUT2D eigenvalue weighted by atomic mass is 35.7. The Balaban J connectivity index is 0.000000527. The van der Waals surface area contributed by atoms with Crippen LogP contribution in [0, 0.1) is 10.2 Å². The van der Waals surface area contributed by atoms with Crippen LogP contribution in [0.5, 0.6) is 0 Å². The van der Waals surface area contributed by atoms with Crippen LogP contribution in [0.2, 0.25) is 0 Å². The maximum atomic E-state index is 12.9. The van der Waals surface area contributed by atoms with Crippen LogP contribution in [0.3, 0.4) is 0 Å². The molecule has 10 heteroatoms. The molecule has 5 aromatic rings. The fraction of sp³-hybridized carbons (Fsp3) is 0.0800. The molecule has 0 amide bonds. The van der Waals surface area contributed by atoms with Crippen molar-refractivity contribution >= 4 is 38.7 Å². The van der Waals surface area contributed by atoms with Crippen molar-refractivity contribution < 1.29 is 47.2 Å². The highest BCUT2D eigenvalue weighted by Crippen LogP contribution is 2.32. The molecule has 0 fully saturated rings. The summed E-state index contributed by atoms with van der Waals surface area (Å²) in [5.74, 6) is -0.421. The number of esters is 1. The first-order chi connectivity index (χ1) is 16.7. The lowest BCUT2D eigenvalue weighted by atomic mass is 10.0. The number of para-hydroxylation sites is 1. The van der Waals surface area contributed by atoms with Crippen LogP contribution in [-0.2, 0) is 4.74 Å². The van der Waals surface area contributed by atoms with Gasteiger partial charge in [-0.1, -0.05) is 42.5 Å². The third-order valence-corrected chi connectivity index (χ3v) is 5.06. The fourth-order valence-electron chi connectivity index (χ4n) is 3.67. The van der Waals surface area contributed by atoms with E-state index in [2.05, 4.69) is 0 Å². The maximum Gasteiger partial charge on any atom is 0.382 e. The molecule has 9 nitrogen and oxygen atoms in total. The van der Waals surface area contributed by atoms with Crippen LogP contribution in [0.1, 0.15) is 17.3 Å². The van der Waals surface area contributed by atoms with Crippen molar-refractivity contribution in [2.75, 3.05) is 6.61 Å². The molecular formula is C25H17ClO9. The smallest absolute Gasteiger partial charge is 0.382 e. The normalized spacial score (nSPS) is 11.3. The van der Waals surface area contributed by atoms with Gasteiger partial charge in [0.1, 0.15) is 5.58 Å². The Labute approximate surface area is 199 Å². The van der Waals surface area contributed by atoms with Gasteiger partial charge in [0, 0.05) is 11.5 Å². The molecule has 0 N–H and O–H groups in total. The number of rotatable bonds is 3. The van der Waals surface area contributed by atoms with Gasteiger partial charge in [-0.15, -0.1) is 10.2 Å². The van der Waals surface area contributed by atoms with E-state index in [4.69, 9.17) is 32.2 Å². The van der Waals surface area contributed by atoms with Crippen LogP contribution in [-0.4, -0.2) is 12.6 Å². The van der Waals surface area contributed by atoms with Crippen LogP contribution in [0.15, 0.2) is 86.4 Å². The van der Waals surface area contributed by atoms with Gasteiger partial charge in [-0.25, -0.2) is 32.6 Å². The molecule has 0 saturated heterocycles. The molecule has 178 valence electrons. The fourth-order valence-corrected chi connectivity index (χ4v) is 3.67. The van der Waals surface area contributed by atoms with Gasteiger partial charge in [0.05, 0.1) is 12.0 Å². The highest BCUT2D eigenvalue weighted by molar-refractivity contribution is 6.07. The zero-order valence-corrected chi connectivity index (χ0v) is 18.9. The van der Waals surface area contributed by atoms with Gasteiger partial charge in [-0.05, 0) is 42.0 Å². The van der Waals surface area contributed by atoms with Crippen molar-refractivity contribution in [1.29, 1.82) is 0 Å². The van der Waals surface area contributed by atoms with Gasteiger partial charge in [0.2, 0.25) is 0 Å². The third kappa shape index (κ3) is 5.46. The molecule has 0 radical (unpaired) electrons. The molecule has 2 aromatic heterocycles. The minimum absolute atomic E-state index is 0.135. The van der Waals surface area contributed by atoms with Crippen molar-refractivity contribution in [1.82, 2.24) is 0 Å². The molecule has 0 atom stereocenters. The molecule has 0 bridgehead atoms. The molecule has 0 aliphatic rings. The maximum absolute atomic E-state index is 12.9. The number of carbonyl (C=O) groups is 1. The molecule has 35 heavy (non-hydrogen) atoms. The zero-order valence-electron chi connectivity index (χ0n) is 18.2. The summed E-state index contributed by atoms with van der Waals surface area (Å²) in [7, 11) is -4.94. The number of benzene rings is 3. The minimum Gasteiger partial charge on any atom is -0.462 e. The average molecular weight is 497 g/mol. The second kappa shape index (κ2) is 9.79. The van der Waals surface area contributed by atoms with E-state index in [9.17, 15) is 9.59 Å². The molecule has 0 aliphatic heterocycles. The number of carbonyl (C=O) groups excluding carboxylic acids is 1. The first kappa shape index (κ1) is 24.3. The van der Waals surface area contributed by atoms with Crippen molar-refractivity contribution in [3.05, 3.63) is 88.8 Å². The second-order valence-electron chi connectivity index (χ2n) is 7.27. The summed E-state index contributed by atoms with van der Waals surface area (Å²) < 4.78 is 50.8. The molecular weight excluding hydrogens is 480 g/mol. The van der Waals surface area contributed by atoms with Crippen LogP contribution >= 0.6 is 0 Å². The van der Waals surface area contributed by atoms with Gasteiger partial charge in [-0.2, -0.15) is 0 Å². The van der Waals surface area contributed by atoms with Crippen molar-refractivity contribution in [2.45, 2.75) is 6.92 Å². The monoisotopic (exact) mass is 496 g/mol. The minimum atomic E-state index is -4.94. The summed E-state index contributed by atoms with van der Waals surface area (Å²) in [6.07, 6.45) is 0. The van der Waals surface area contributed by atoms with E-state index in [-0.39, 0.29) is 23.5 Å². The van der Waals surface area contributed by atoms with Crippen molar-refractivity contribution in [3.63, 3.8) is 0 Å². The second-order valence-corrected chi connectivity index (χ2v) is 8.03. The topological polar surface area (TPSA) is 160 Å². The number of hydrogen-bond acceptors (Lipinski definition) is 8. The van der Waals surface area contributed by atoms with Gasteiger partial charge >= 0.3 is 22.9 Å². The van der Waals surface area contributed by atoms with Crippen LogP contribution in [0.4, 0.5) is 0 Å². The number of ether oxygens (including phenoxy) is 1. The Hall–Kier alpha value is -3.86. The van der Waals surface area contributed by atoms with E-state index in [0.29, 0.717) is 11.2 Å².